The second kappa shape index (κ2) is 2.85. The van der Waals surface area contributed by atoms with Crippen LogP contribution in [0.3, 0.4) is 0 Å². The lowest BCUT2D eigenvalue weighted by Gasteiger charge is -2.00. The van der Waals surface area contributed by atoms with Gasteiger partial charge in [-0.25, -0.2) is 15.0 Å². The molecule has 5 nitrogen and oxygen atoms in total. The number of nitrogens with zero attached hydrogens (tertiary/aromatic N) is 3. The highest BCUT2D eigenvalue weighted by atomic mass is 16.3. The Morgan fingerprint density at radius 3 is 2.92 bits per heavy atom. The fourth-order valence-electron chi connectivity index (χ4n) is 1.01. The molecule has 0 radical (unpaired) electrons. The molecule has 2 rings (SSSR count). The number of aryl methyl sites for hydroxylation is 1. The smallest absolute Gasteiger partial charge is 0.181 e. The van der Waals surface area contributed by atoms with E-state index in [9.17, 15) is 0 Å². The molecule has 5 heteroatoms. The number of hydrogen-bond acceptors (Lipinski definition) is 5. The summed E-state index contributed by atoms with van der Waals surface area (Å²) in [6.45, 7) is 1.79. The second-order valence-corrected chi connectivity index (χ2v) is 2.59. The van der Waals surface area contributed by atoms with E-state index in [-0.39, 0.29) is 0 Å². The van der Waals surface area contributed by atoms with Crippen molar-refractivity contribution in [2.24, 2.45) is 0 Å². The third-order valence-electron chi connectivity index (χ3n) is 1.60. The summed E-state index contributed by atoms with van der Waals surface area (Å²) >= 11 is 0. The number of hydrogen-bond donors (Lipinski definition) is 1. The standard InChI is InChI=1S/C8H8N4O/c1-5-11-2-6(9)8(12-5)7-3-10-4-13-7/h2-4H,9H2,1H3. The van der Waals surface area contributed by atoms with Crippen molar-refractivity contribution in [3.8, 4) is 11.5 Å². The molecule has 66 valence electrons. The monoisotopic (exact) mass is 176 g/mol. The van der Waals surface area contributed by atoms with Crippen LogP contribution in [0.4, 0.5) is 5.69 Å². The first-order valence-electron chi connectivity index (χ1n) is 3.75. The predicted octanol–water partition coefficient (Wildman–Crippen LogP) is 1.02. The van der Waals surface area contributed by atoms with Crippen LogP contribution in [-0.4, -0.2) is 15.0 Å². The van der Waals surface area contributed by atoms with E-state index in [0.29, 0.717) is 23.0 Å². The molecule has 13 heavy (non-hydrogen) atoms. The van der Waals surface area contributed by atoms with Gasteiger partial charge in [0.05, 0.1) is 18.1 Å². The lowest BCUT2D eigenvalue weighted by molar-refractivity contribution is 0.569. The molecule has 0 amide bonds. The number of oxazole rings is 1. The maximum atomic E-state index is 5.67. The van der Waals surface area contributed by atoms with Crippen LogP contribution in [0.2, 0.25) is 0 Å². The largest absolute Gasteiger partial charge is 0.442 e. The highest BCUT2D eigenvalue weighted by Gasteiger charge is 2.07. The number of nitrogens with two attached hydrogens (primary N) is 1. The molecule has 2 aromatic rings. The van der Waals surface area contributed by atoms with Gasteiger partial charge in [0, 0.05) is 0 Å². The fraction of sp³-hybridized carbons (Fsp3) is 0.125. The summed E-state index contributed by atoms with van der Waals surface area (Å²) in [4.78, 5) is 11.9. The van der Waals surface area contributed by atoms with Crippen LogP contribution in [0.5, 0.6) is 0 Å². The Bertz CT molecular complexity index is 410. The van der Waals surface area contributed by atoms with Gasteiger partial charge in [-0.05, 0) is 6.92 Å². The minimum atomic E-state index is 0.488. The van der Waals surface area contributed by atoms with E-state index in [0.717, 1.165) is 0 Å². The molecule has 0 saturated carbocycles. The van der Waals surface area contributed by atoms with Crippen LogP contribution in [0, 0.1) is 6.92 Å². The third kappa shape index (κ3) is 1.35. The van der Waals surface area contributed by atoms with Crippen LogP contribution in [0.1, 0.15) is 5.82 Å². The highest BCUT2D eigenvalue weighted by molar-refractivity contribution is 5.66. The van der Waals surface area contributed by atoms with Crippen LogP contribution < -0.4 is 5.73 Å². The van der Waals surface area contributed by atoms with E-state index in [1.54, 1.807) is 19.3 Å². The summed E-state index contributed by atoms with van der Waals surface area (Å²) in [6, 6.07) is 0. The van der Waals surface area contributed by atoms with Crippen molar-refractivity contribution in [3.63, 3.8) is 0 Å². The average Bonchev–Trinajstić information content (AvgIpc) is 2.61. The molecule has 0 atom stereocenters. The van der Waals surface area contributed by atoms with Gasteiger partial charge in [-0.2, -0.15) is 0 Å². The summed E-state index contributed by atoms with van der Waals surface area (Å²) in [7, 11) is 0. The molecule has 0 saturated heterocycles. The molecule has 0 spiro atoms. The number of nitrogen functional groups attached to an aromatic ring is 1. The van der Waals surface area contributed by atoms with Gasteiger partial charge in [0.25, 0.3) is 0 Å². The summed E-state index contributed by atoms with van der Waals surface area (Å²) < 4.78 is 5.07. The first-order valence-corrected chi connectivity index (χ1v) is 3.75. The number of anilines is 1. The number of rotatable bonds is 1. The molecule has 0 bridgehead atoms. The first kappa shape index (κ1) is 7.72. The van der Waals surface area contributed by atoms with Gasteiger partial charge in [-0.15, -0.1) is 0 Å². The molecule has 2 heterocycles. The molecular formula is C8H8N4O. The van der Waals surface area contributed by atoms with Crippen molar-refractivity contribution in [3.05, 3.63) is 24.6 Å². The van der Waals surface area contributed by atoms with Gasteiger partial charge in [0.15, 0.2) is 12.2 Å². The van der Waals surface area contributed by atoms with E-state index < -0.39 is 0 Å². The van der Waals surface area contributed by atoms with E-state index >= 15 is 0 Å². The van der Waals surface area contributed by atoms with Crippen LogP contribution in [0.25, 0.3) is 11.5 Å². The van der Waals surface area contributed by atoms with E-state index in [4.69, 9.17) is 10.2 Å². The lowest BCUT2D eigenvalue weighted by Crippen LogP contribution is -1.96. The molecule has 0 aliphatic heterocycles. The Labute approximate surface area is 74.6 Å². The summed E-state index contributed by atoms with van der Waals surface area (Å²) in [6.07, 6.45) is 4.46. The normalized spacial score (nSPS) is 10.2. The van der Waals surface area contributed by atoms with E-state index in [1.807, 2.05) is 0 Å². The van der Waals surface area contributed by atoms with Crippen LogP contribution in [-0.2, 0) is 0 Å². The molecule has 0 fully saturated rings. The van der Waals surface area contributed by atoms with Gasteiger partial charge < -0.3 is 10.2 Å². The second-order valence-electron chi connectivity index (χ2n) is 2.59. The zero-order valence-electron chi connectivity index (χ0n) is 7.06. The zero-order valence-corrected chi connectivity index (χ0v) is 7.06. The van der Waals surface area contributed by atoms with Crippen molar-refractivity contribution in [2.45, 2.75) is 6.92 Å². The summed E-state index contributed by atoms with van der Waals surface area (Å²) in [5, 5.41) is 0. The van der Waals surface area contributed by atoms with Gasteiger partial charge in [0.2, 0.25) is 0 Å². The Hall–Kier alpha value is -1.91. The Morgan fingerprint density at radius 2 is 2.23 bits per heavy atom. The lowest BCUT2D eigenvalue weighted by atomic mass is 10.3. The predicted molar refractivity (Wildman–Crippen MR) is 46.7 cm³/mol. The Morgan fingerprint density at radius 1 is 1.38 bits per heavy atom. The Balaban J connectivity index is 2.57. The van der Waals surface area contributed by atoms with Gasteiger partial charge in [-0.1, -0.05) is 0 Å². The average molecular weight is 176 g/mol. The van der Waals surface area contributed by atoms with Crippen LogP contribution in [0.15, 0.2) is 23.2 Å². The maximum absolute atomic E-state index is 5.67. The Kier molecular flexibility index (Phi) is 1.70. The molecule has 0 aromatic carbocycles. The van der Waals surface area contributed by atoms with E-state index in [1.165, 1.54) is 6.39 Å². The van der Waals surface area contributed by atoms with Crippen molar-refractivity contribution < 1.29 is 4.42 Å². The molecular weight excluding hydrogens is 168 g/mol. The first-order chi connectivity index (χ1) is 6.27. The molecule has 0 aliphatic rings. The van der Waals surface area contributed by atoms with Gasteiger partial charge >= 0.3 is 0 Å². The molecule has 0 unspecified atom stereocenters. The number of aromatic nitrogens is 3. The summed E-state index contributed by atoms with van der Waals surface area (Å²) in [5.41, 5.74) is 6.74. The van der Waals surface area contributed by atoms with Crippen molar-refractivity contribution in [1.82, 2.24) is 15.0 Å². The minimum Gasteiger partial charge on any atom is -0.442 e. The van der Waals surface area contributed by atoms with Gasteiger partial charge in [0.1, 0.15) is 11.5 Å². The quantitative estimate of drug-likeness (QED) is 0.701. The zero-order chi connectivity index (χ0) is 9.26. The highest BCUT2D eigenvalue weighted by Crippen LogP contribution is 2.21. The van der Waals surface area contributed by atoms with Crippen molar-refractivity contribution >= 4 is 5.69 Å². The molecule has 0 aliphatic carbocycles. The third-order valence-corrected chi connectivity index (χ3v) is 1.60. The maximum Gasteiger partial charge on any atom is 0.181 e. The topological polar surface area (TPSA) is 77.8 Å². The van der Waals surface area contributed by atoms with Gasteiger partial charge in [-0.3, -0.25) is 0 Å². The molecule has 2 aromatic heterocycles. The van der Waals surface area contributed by atoms with Crippen molar-refractivity contribution in [2.75, 3.05) is 5.73 Å². The molecule has 2 N–H and O–H groups in total. The SMILES string of the molecule is Cc1ncc(N)c(-c2cnco2)n1. The fourth-order valence-corrected chi connectivity index (χ4v) is 1.01. The van der Waals surface area contributed by atoms with E-state index in [2.05, 4.69) is 15.0 Å². The minimum absolute atomic E-state index is 0.488. The van der Waals surface area contributed by atoms with Crippen molar-refractivity contribution in [1.29, 1.82) is 0 Å². The van der Waals surface area contributed by atoms with Crippen LogP contribution >= 0.6 is 0 Å². The summed E-state index contributed by atoms with van der Waals surface area (Å²) in [5.74, 6) is 1.21.